The molecule has 0 spiro atoms. The van der Waals surface area contributed by atoms with E-state index in [1.807, 2.05) is 67.2 Å². The molecule has 1 heterocycles. The van der Waals surface area contributed by atoms with Crippen LogP contribution in [-0.4, -0.2) is 14.9 Å². The molecule has 4 heteroatoms. The molecule has 21 heavy (non-hydrogen) atoms. The van der Waals surface area contributed by atoms with Gasteiger partial charge in [0.05, 0.1) is 11.4 Å². The quantitative estimate of drug-likeness (QED) is 0.706. The topological polar surface area (TPSA) is 64.1 Å². The van der Waals surface area contributed by atoms with Gasteiger partial charge in [0.1, 0.15) is 5.75 Å². The van der Waals surface area contributed by atoms with Gasteiger partial charge in [-0.25, -0.2) is 4.68 Å². The Balaban J connectivity index is 2.09. The number of aromatic nitrogens is 2. The van der Waals surface area contributed by atoms with Crippen molar-refractivity contribution in [2.24, 2.45) is 0 Å². The van der Waals surface area contributed by atoms with Crippen molar-refractivity contribution in [3.05, 3.63) is 59.8 Å². The third kappa shape index (κ3) is 2.25. The Morgan fingerprint density at radius 2 is 1.81 bits per heavy atom. The van der Waals surface area contributed by atoms with E-state index in [-0.39, 0.29) is 5.75 Å². The molecule has 0 aliphatic rings. The summed E-state index contributed by atoms with van der Waals surface area (Å²) in [4.78, 5) is 0. The van der Waals surface area contributed by atoms with Gasteiger partial charge in [0.25, 0.3) is 0 Å². The molecule has 0 radical (unpaired) electrons. The lowest BCUT2D eigenvalue weighted by Gasteiger charge is -2.11. The fourth-order valence-electron chi connectivity index (χ4n) is 2.39. The van der Waals surface area contributed by atoms with Crippen LogP contribution in [0.5, 0.6) is 5.75 Å². The van der Waals surface area contributed by atoms with Gasteiger partial charge in [-0.1, -0.05) is 18.2 Å². The van der Waals surface area contributed by atoms with E-state index in [0.717, 1.165) is 22.5 Å². The van der Waals surface area contributed by atoms with E-state index < -0.39 is 0 Å². The minimum absolute atomic E-state index is 0.249. The van der Waals surface area contributed by atoms with Gasteiger partial charge in [0.15, 0.2) is 0 Å². The van der Waals surface area contributed by atoms with Crippen LogP contribution in [0.2, 0.25) is 0 Å². The van der Waals surface area contributed by atoms with E-state index in [4.69, 9.17) is 5.73 Å². The number of benzene rings is 2. The van der Waals surface area contributed by atoms with E-state index in [1.165, 1.54) is 0 Å². The Hall–Kier alpha value is -2.75. The smallest absolute Gasteiger partial charge is 0.123 e. The van der Waals surface area contributed by atoms with E-state index in [0.29, 0.717) is 11.3 Å². The third-order valence-electron chi connectivity index (χ3n) is 3.67. The van der Waals surface area contributed by atoms with E-state index >= 15 is 0 Å². The lowest BCUT2D eigenvalue weighted by atomic mass is 10.0. The number of nitrogens with zero attached hydrogens (tertiary/aromatic N) is 2. The Kier molecular flexibility index (Phi) is 3.14. The first-order valence-corrected chi connectivity index (χ1v) is 6.78. The summed E-state index contributed by atoms with van der Waals surface area (Å²) in [5.41, 5.74) is 10.8. The zero-order valence-electron chi connectivity index (χ0n) is 12.0. The summed E-state index contributed by atoms with van der Waals surface area (Å²) >= 11 is 0. The molecule has 106 valence electrons. The van der Waals surface area contributed by atoms with Crippen LogP contribution in [0.4, 0.5) is 5.69 Å². The van der Waals surface area contributed by atoms with Crippen molar-refractivity contribution in [2.45, 2.75) is 13.8 Å². The maximum Gasteiger partial charge on any atom is 0.123 e. The zero-order chi connectivity index (χ0) is 15.0. The Morgan fingerprint density at radius 1 is 1.10 bits per heavy atom. The van der Waals surface area contributed by atoms with Gasteiger partial charge < -0.3 is 10.8 Å². The molecule has 0 fully saturated rings. The number of nitrogen functional groups attached to an aromatic ring is 1. The summed E-state index contributed by atoms with van der Waals surface area (Å²) in [6, 6.07) is 13.7. The molecular weight excluding hydrogens is 262 g/mol. The molecule has 0 unspecified atom stereocenters. The van der Waals surface area contributed by atoms with Crippen molar-refractivity contribution in [1.29, 1.82) is 0 Å². The average molecular weight is 279 g/mol. The number of aryl methyl sites for hydroxylation is 1. The Morgan fingerprint density at radius 3 is 2.52 bits per heavy atom. The number of nitrogens with two attached hydrogens (primary N) is 1. The van der Waals surface area contributed by atoms with E-state index in [9.17, 15) is 5.11 Å². The van der Waals surface area contributed by atoms with Crippen molar-refractivity contribution >= 4 is 5.69 Å². The van der Waals surface area contributed by atoms with Crippen LogP contribution in [0, 0.1) is 13.8 Å². The first kappa shape index (κ1) is 13.2. The summed E-state index contributed by atoms with van der Waals surface area (Å²) < 4.78 is 1.81. The van der Waals surface area contributed by atoms with Crippen molar-refractivity contribution in [2.75, 3.05) is 5.73 Å². The van der Waals surface area contributed by atoms with Crippen LogP contribution < -0.4 is 5.73 Å². The highest BCUT2D eigenvalue weighted by Crippen LogP contribution is 2.35. The van der Waals surface area contributed by atoms with Crippen LogP contribution in [0.15, 0.2) is 48.7 Å². The molecule has 0 amide bonds. The molecule has 0 saturated carbocycles. The van der Waals surface area contributed by atoms with Gasteiger partial charge >= 0.3 is 0 Å². The normalized spacial score (nSPS) is 10.8. The van der Waals surface area contributed by atoms with Crippen molar-refractivity contribution < 1.29 is 5.11 Å². The predicted octanol–water partition coefficient (Wildman–Crippen LogP) is 3.44. The maximum atomic E-state index is 9.94. The molecular formula is C17H17N3O. The Bertz CT molecular complexity index is 791. The number of anilines is 1. The number of hydrogen-bond acceptors (Lipinski definition) is 3. The number of hydrogen-bond donors (Lipinski definition) is 2. The molecule has 2 aromatic carbocycles. The molecule has 3 rings (SSSR count). The summed E-state index contributed by atoms with van der Waals surface area (Å²) in [6.45, 7) is 3.68. The first-order valence-electron chi connectivity index (χ1n) is 6.78. The second-order valence-electron chi connectivity index (χ2n) is 5.11. The van der Waals surface area contributed by atoms with Gasteiger partial charge in [-0.3, -0.25) is 0 Å². The largest absolute Gasteiger partial charge is 0.507 e. The second kappa shape index (κ2) is 4.98. The minimum Gasteiger partial charge on any atom is -0.507 e. The van der Waals surface area contributed by atoms with Crippen LogP contribution in [0.25, 0.3) is 16.9 Å². The van der Waals surface area contributed by atoms with Gasteiger partial charge in [0.2, 0.25) is 0 Å². The van der Waals surface area contributed by atoms with Crippen LogP contribution in [0.3, 0.4) is 0 Å². The maximum absolute atomic E-state index is 9.94. The summed E-state index contributed by atoms with van der Waals surface area (Å²) in [6.07, 6.45) is 1.90. The van der Waals surface area contributed by atoms with Crippen molar-refractivity contribution in [1.82, 2.24) is 9.78 Å². The number of para-hydroxylation sites is 1. The molecule has 0 bridgehead atoms. The fourth-order valence-corrected chi connectivity index (χ4v) is 2.39. The molecule has 3 N–H and O–H groups in total. The predicted molar refractivity (Wildman–Crippen MR) is 84.6 cm³/mol. The van der Waals surface area contributed by atoms with Crippen LogP contribution in [0.1, 0.15) is 11.1 Å². The van der Waals surface area contributed by atoms with Gasteiger partial charge in [-0.05, 0) is 43.7 Å². The molecule has 0 atom stereocenters. The van der Waals surface area contributed by atoms with Crippen LogP contribution >= 0.6 is 0 Å². The van der Waals surface area contributed by atoms with Crippen molar-refractivity contribution in [3.8, 4) is 22.7 Å². The highest BCUT2D eigenvalue weighted by molar-refractivity contribution is 5.79. The van der Waals surface area contributed by atoms with Gasteiger partial charge in [-0.15, -0.1) is 0 Å². The molecule has 4 nitrogen and oxygen atoms in total. The molecule has 0 aliphatic heterocycles. The highest BCUT2D eigenvalue weighted by atomic mass is 16.3. The molecule has 1 aromatic heterocycles. The summed E-state index contributed by atoms with van der Waals surface area (Å²) in [5.74, 6) is 0.249. The van der Waals surface area contributed by atoms with Gasteiger partial charge in [-0.2, -0.15) is 5.10 Å². The summed E-state index contributed by atoms with van der Waals surface area (Å²) in [5, 5.41) is 14.5. The van der Waals surface area contributed by atoms with Gasteiger partial charge in [0, 0.05) is 23.0 Å². The van der Waals surface area contributed by atoms with E-state index in [1.54, 1.807) is 0 Å². The third-order valence-corrected chi connectivity index (χ3v) is 3.67. The monoisotopic (exact) mass is 279 g/mol. The number of aromatic hydroxyl groups is 1. The lowest BCUT2D eigenvalue weighted by Crippen LogP contribution is -1.98. The standard InChI is InChI=1S/C17H17N3O/c1-11-10-14(16(18)12(2)17(11)21)15-8-9-20(19-15)13-6-4-3-5-7-13/h3-10,21H,18H2,1-2H3. The first-order chi connectivity index (χ1) is 10.1. The number of phenolic OH excluding ortho intramolecular Hbond substituents is 1. The number of phenols is 1. The summed E-state index contributed by atoms with van der Waals surface area (Å²) in [7, 11) is 0. The second-order valence-corrected chi connectivity index (χ2v) is 5.11. The number of rotatable bonds is 2. The SMILES string of the molecule is Cc1cc(-c2ccn(-c3ccccc3)n2)c(N)c(C)c1O. The van der Waals surface area contributed by atoms with E-state index in [2.05, 4.69) is 5.10 Å². The average Bonchev–Trinajstić information content (AvgIpc) is 2.99. The van der Waals surface area contributed by atoms with Crippen molar-refractivity contribution in [3.63, 3.8) is 0 Å². The molecule has 3 aromatic rings. The molecule has 0 aliphatic carbocycles. The zero-order valence-corrected chi connectivity index (χ0v) is 12.0. The minimum atomic E-state index is 0.249. The molecule has 0 saturated heterocycles. The Labute approximate surface area is 123 Å². The van der Waals surface area contributed by atoms with Crippen LogP contribution in [-0.2, 0) is 0 Å². The highest BCUT2D eigenvalue weighted by Gasteiger charge is 2.13. The lowest BCUT2D eigenvalue weighted by molar-refractivity contribution is 0.467. The fraction of sp³-hybridized carbons (Fsp3) is 0.118.